The quantitative estimate of drug-likeness (QED) is 0.0302. The van der Waals surface area contributed by atoms with Crippen molar-refractivity contribution >= 4 is 64.7 Å². The van der Waals surface area contributed by atoms with Gasteiger partial charge < -0.3 is 49.4 Å². The number of anilines is 1. The molecule has 3 aliphatic rings. The van der Waals surface area contributed by atoms with Crippen molar-refractivity contribution in [3.05, 3.63) is 72.6 Å². The molecule has 7 rings (SSSR count). The lowest BCUT2D eigenvalue weighted by Crippen LogP contribution is -2.59. The number of carbonyl (C=O) groups is 5. The van der Waals surface area contributed by atoms with Gasteiger partial charge in [0, 0.05) is 41.3 Å². The number of alkyl carbamates (subject to hydrolysis) is 1. The molecule has 382 valence electrons. The van der Waals surface area contributed by atoms with Gasteiger partial charge in [0.25, 0.3) is 0 Å². The van der Waals surface area contributed by atoms with Crippen LogP contribution in [0.15, 0.2) is 72.6 Å². The first kappa shape index (κ1) is 52.6. The molecule has 2 aromatic heterocycles. The predicted octanol–water partition coefficient (Wildman–Crippen LogP) is 7.91. The third-order valence-electron chi connectivity index (χ3n) is 12.5. The van der Waals surface area contributed by atoms with Crippen molar-refractivity contribution in [2.75, 3.05) is 24.8 Å². The van der Waals surface area contributed by atoms with Crippen LogP contribution in [0.5, 0.6) is 17.2 Å². The number of carboxylic acids is 1. The van der Waals surface area contributed by atoms with Gasteiger partial charge >= 0.3 is 25.6 Å². The van der Waals surface area contributed by atoms with E-state index in [-0.39, 0.29) is 49.6 Å². The van der Waals surface area contributed by atoms with Crippen LogP contribution in [0.25, 0.3) is 22.3 Å². The van der Waals surface area contributed by atoms with E-state index in [1.807, 2.05) is 19.2 Å². The number of para-hydroxylation sites is 1. The van der Waals surface area contributed by atoms with Gasteiger partial charge in [0.1, 0.15) is 58.8 Å². The third kappa shape index (κ3) is 12.8. The Morgan fingerprint density at radius 3 is 2.38 bits per heavy atom. The van der Waals surface area contributed by atoms with Gasteiger partial charge in [-0.25, -0.2) is 24.6 Å². The summed E-state index contributed by atoms with van der Waals surface area (Å²) in [6.45, 7) is 16.3. The van der Waals surface area contributed by atoms with Crippen LogP contribution in [0.1, 0.15) is 87.0 Å². The van der Waals surface area contributed by atoms with Crippen molar-refractivity contribution in [2.24, 2.45) is 11.3 Å². The lowest BCUT2D eigenvalue weighted by atomic mass is 9.85. The van der Waals surface area contributed by atoms with E-state index in [1.165, 1.54) is 29.2 Å². The molecule has 5 N–H and O–H groups in total. The molecular weight excluding hydrogens is 954 g/mol. The summed E-state index contributed by atoms with van der Waals surface area (Å²) < 4.78 is 44.1. The van der Waals surface area contributed by atoms with Crippen molar-refractivity contribution in [3.63, 3.8) is 0 Å². The molecule has 1 saturated heterocycles. The highest BCUT2D eigenvalue weighted by Gasteiger charge is 2.61. The van der Waals surface area contributed by atoms with Crippen molar-refractivity contribution < 1.29 is 57.1 Å². The van der Waals surface area contributed by atoms with E-state index >= 15 is 0 Å². The van der Waals surface area contributed by atoms with E-state index in [0.29, 0.717) is 33.2 Å². The number of thiazole rings is 1. The zero-order valence-electron chi connectivity index (χ0n) is 41.1. The average Bonchev–Trinajstić information content (AvgIpc) is 3.72. The largest absolute Gasteiger partial charge is 0.488 e. The number of amides is 3. The van der Waals surface area contributed by atoms with Gasteiger partial charge in [0.05, 0.1) is 24.4 Å². The predicted molar refractivity (Wildman–Crippen MR) is 267 cm³/mol. The second-order valence-corrected chi connectivity index (χ2v) is 22.4. The number of likely N-dealkylation sites (tertiary alicyclic amines) is 1. The highest BCUT2D eigenvalue weighted by Crippen LogP contribution is 2.46. The van der Waals surface area contributed by atoms with Gasteiger partial charge in [-0.3, -0.25) is 18.9 Å². The summed E-state index contributed by atoms with van der Waals surface area (Å²) in [7, 11) is -3.94. The smallest absolute Gasteiger partial charge is 0.408 e. The van der Waals surface area contributed by atoms with Crippen molar-refractivity contribution in [2.45, 2.75) is 129 Å². The SMILES string of the molecule is C=C[C@@H]1C[C@]1(NC(=O)[C@@H]1C[C@@H](Oc2cc(-c3csc(NC(C)C)n3)nc3cc(OCP(=O)(N[C@@H](C)C(=O)OCC)Oc4ccccc4)ccc23)CN1C(=O)C(NC(=O)OC1CCCC1)C(C)(C)C)C(=O)O. The van der Waals surface area contributed by atoms with Crippen LogP contribution in [-0.4, -0.2) is 111 Å². The second kappa shape index (κ2) is 22.0. The zero-order valence-corrected chi connectivity index (χ0v) is 42.8. The van der Waals surface area contributed by atoms with Crippen molar-refractivity contribution in [1.82, 2.24) is 30.6 Å². The lowest BCUT2D eigenvalue weighted by Gasteiger charge is -2.35. The molecule has 2 aromatic carbocycles. The first-order valence-corrected chi connectivity index (χ1v) is 26.6. The summed E-state index contributed by atoms with van der Waals surface area (Å²) in [6, 6.07) is 11.9. The van der Waals surface area contributed by atoms with Gasteiger partial charge in [-0.2, -0.15) is 0 Å². The van der Waals surface area contributed by atoms with Crippen molar-refractivity contribution in [3.8, 4) is 28.6 Å². The Labute approximate surface area is 417 Å². The third-order valence-corrected chi connectivity index (χ3v) is 15.0. The van der Waals surface area contributed by atoms with E-state index in [0.717, 1.165) is 25.7 Å². The molecule has 7 atom stereocenters. The van der Waals surface area contributed by atoms with Gasteiger partial charge in [0.2, 0.25) is 11.8 Å². The fourth-order valence-corrected chi connectivity index (χ4v) is 11.2. The summed E-state index contributed by atoms with van der Waals surface area (Å²) in [5.41, 5.74) is -1.09. The molecule has 3 amide bonds. The van der Waals surface area contributed by atoms with Crippen LogP contribution in [-0.2, 0) is 33.2 Å². The van der Waals surface area contributed by atoms with Crippen LogP contribution in [0.4, 0.5) is 9.93 Å². The van der Waals surface area contributed by atoms with Gasteiger partial charge in [-0.1, -0.05) is 45.0 Å². The normalized spacial score (nSPS) is 21.6. The summed E-state index contributed by atoms with van der Waals surface area (Å²) in [6.07, 6.45) is 2.59. The Kier molecular flexibility index (Phi) is 16.3. The maximum Gasteiger partial charge on any atom is 0.408 e. The Balaban J connectivity index is 1.21. The molecular formula is C50H64N7O12PS. The molecule has 0 bridgehead atoms. The molecule has 2 saturated carbocycles. The Bertz CT molecular complexity index is 2660. The number of rotatable bonds is 21. The summed E-state index contributed by atoms with van der Waals surface area (Å²) in [5.74, 6) is -2.74. The first-order valence-electron chi connectivity index (χ1n) is 23.9. The Morgan fingerprint density at radius 2 is 1.73 bits per heavy atom. The molecule has 71 heavy (non-hydrogen) atoms. The van der Waals surface area contributed by atoms with E-state index in [2.05, 4.69) is 27.6 Å². The molecule has 0 spiro atoms. The number of aromatic nitrogens is 2. The molecule has 1 aliphatic heterocycles. The maximum atomic E-state index is 14.8. The molecule has 3 heterocycles. The van der Waals surface area contributed by atoms with Crippen molar-refractivity contribution in [1.29, 1.82) is 0 Å². The van der Waals surface area contributed by atoms with Crippen LogP contribution in [0.3, 0.4) is 0 Å². The molecule has 21 heteroatoms. The number of hydrogen-bond donors (Lipinski definition) is 5. The number of carbonyl (C=O) groups excluding carboxylic acids is 4. The van der Waals surface area contributed by atoms with Crippen LogP contribution < -0.4 is 35.0 Å². The maximum absolute atomic E-state index is 14.8. The molecule has 3 fully saturated rings. The number of nitrogens with zero attached hydrogens (tertiary/aromatic N) is 3. The molecule has 4 aromatic rings. The van der Waals surface area contributed by atoms with Crippen LogP contribution in [0.2, 0.25) is 0 Å². The number of pyridine rings is 1. The number of fused-ring (bicyclic) bond motifs is 1. The highest BCUT2D eigenvalue weighted by atomic mass is 32.1. The first-order chi connectivity index (χ1) is 33.7. The molecule has 2 aliphatic carbocycles. The Morgan fingerprint density at radius 1 is 1.00 bits per heavy atom. The molecule has 19 nitrogen and oxygen atoms in total. The van der Waals surface area contributed by atoms with Gasteiger partial charge in [-0.15, -0.1) is 17.9 Å². The van der Waals surface area contributed by atoms with E-state index < -0.39 is 84.8 Å². The highest BCUT2D eigenvalue weighted by molar-refractivity contribution is 7.57. The number of benzene rings is 2. The number of esters is 1. The molecule has 0 radical (unpaired) electrons. The minimum atomic E-state index is -3.94. The number of carboxylic acid groups (broad SMARTS) is 1. The second-order valence-electron chi connectivity index (χ2n) is 19.5. The topological polar surface area (TPSA) is 246 Å². The number of ether oxygens (including phenoxy) is 4. The van der Waals surface area contributed by atoms with Crippen LogP contribution >= 0.6 is 18.9 Å². The fraction of sp³-hybridized carbons (Fsp3) is 0.500. The number of nitrogens with one attached hydrogen (secondary N) is 4. The summed E-state index contributed by atoms with van der Waals surface area (Å²) in [5, 5.41) is 24.8. The lowest BCUT2D eigenvalue weighted by molar-refractivity contribution is -0.146. The van der Waals surface area contributed by atoms with E-state index in [4.69, 9.17) is 33.4 Å². The fourth-order valence-electron chi connectivity index (χ4n) is 8.71. The number of hydrogen-bond acceptors (Lipinski definition) is 15. The van der Waals surface area contributed by atoms with Gasteiger partial charge in [0.15, 0.2) is 11.5 Å². The minimum Gasteiger partial charge on any atom is -0.488 e. The van der Waals surface area contributed by atoms with Gasteiger partial charge in [-0.05, 0) is 89.5 Å². The average molecular weight is 1020 g/mol. The van der Waals surface area contributed by atoms with Crippen LogP contribution in [0, 0.1) is 11.3 Å². The van der Waals surface area contributed by atoms with E-state index in [1.54, 1.807) is 82.3 Å². The number of aliphatic carboxylic acids is 1. The summed E-state index contributed by atoms with van der Waals surface area (Å²) in [4.78, 5) is 78.7. The zero-order chi connectivity index (χ0) is 51.3. The summed E-state index contributed by atoms with van der Waals surface area (Å²) >= 11 is 1.39. The van der Waals surface area contributed by atoms with E-state index in [9.17, 15) is 33.6 Å². The Hall–Kier alpha value is -6.24. The minimum absolute atomic E-state index is 0.0389. The monoisotopic (exact) mass is 1020 g/mol. The standard InChI is InChI=1S/C50H64N7O12PS/c1-9-31-25-50(31,46(61)62)55-43(58)40-23-35(26-57(40)44(59)42(49(6,7)8)54-48(63)68-32-16-14-15-17-32)67-41-24-38(39-27-71-47(53-39)51-29(3)4)52-37-22-34(20-21-36(37)41)66-28-70(64,56-30(5)45(60)65-10-2)69-33-18-12-11-13-19-33/h9,11-13,18-22,24,27,29-32,35,40,42H,1,10,14-17,23,25-26,28H2,2-8H3,(H,51,53)(H,54,63)(H,55,58)(H,56,64)(H,61,62)/t30-,31+,35+,40-,42?,50+,70?/m0/s1. The molecule has 2 unspecified atom stereocenters.